The molecule has 1 aliphatic rings. The number of nitrogens with one attached hydrogen (secondary N) is 1. The second kappa shape index (κ2) is 10.2. The zero-order valence-corrected chi connectivity index (χ0v) is 18.7. The van der Waals surface area contributed by atoms with E-state index in [4.69, 9.17) is 4.74 Å². The van der Waals surface area contributed by atoms with E-state index in [-0.39, 0.29) is 22.9 Å². The lowest BCUT2D eigenvalue weighted by Crippen LogP contribution is -2.17. The summed E-state index contributed by atoms with van der Waals surface area (Å²) in [5.74, 6) is -1.02. The van der Waals surface area contributed by atoms with Crippen molar-refractivity contribution in [3.8, 4) is 6.07 Å². The van der Waals surface area contributed by atoms with Gasteiger partial charge < -0.3 is 10.1 Å². The molecule has 2 aromatic rings. The van der Waals surface area contributed by atoms with Gasteiger partial charge in [0.15, 0.2) is 0 Å². The van der Waals surface area contributed by atoms with Gasteiger partial charge in [0.2, 0.25) is 5.91 Å². The number of rotatable bonds is 7. The van der Waals surface area contributed by atoms with Crippen LogP contribution < -0.4 is 5.32 Å². The van der Waals surface area contributed by atoms with Crippen molar-refractivity contribution in [1.82, 2.24) is 4.98 Å². The first-order chi connectivity index (χ1) is 14.8. The van der Waals surface area contributed by atoms with E-state index in [1.165, 1.54) is 17.4 Å². The summed E-state index contributed by atoms with van der Waals surface area (Å²) in [5.41, 5.74) is 1.46. The molecule has 31 heavy (non-hydrogen) atoms. The number of ether oxygens (including phenoxy) is 1. The molecular weight excluding hydrogens is 444 g/mol. The first-order valence-electron chi connectivity index (χ1n) is 9.79. The van der Waals surface area contributed by atoms with Crippen LogP contribution in [0.5, 0.6) is 0 Å². The Labute approximate surface area is 187 Å². The molecule has 0 radical (unpaired) electrons. The van der Waals surface area contributed by atoms with Crippen molar-refractivity contribution in [3.05, 3.63) is 38.9 Å². The summed E-state index contributed by atoms with van der Waals surface area (Å²) < 4.78 is 31.3. The van der Waals surface area contributed by atoms with E-state index >= 15 is 0 Å². The van der Waals surface area contributed by atoms with Gasteiger partial charge in [-0.2, -0.15) is 5.26 Å². The number of carbonyl (C=O) groups is 2. The molecule has 2 aromatic heterocycles. The highest BCUT2D eigenvalue weighted by Gasteiger charge is 2.27. The molecule has 164 valence electrons. The molecule has 0 atom stereocenters. The Morgan fingerprint density at radius 3 is 2.81 bits per heavy atom. The van der Waals surface area contributed by atoms with Crippen LogP contribution in [0.4, 0.5) is 13.8 Å². The number of hydrogen-bond donors (Lipinski definition) is 1. The van der Waals surface area contributed by atoms with Gasteiger partial charge in [-0.1, -0.05) is 11.8 Å². The zero-order valence-electron chi connectivity index (χ0n) is 17.1. The van der Waals surface area contributed by atoms with Crippen molar-refractivity contribution in [2.45, 2.75) is 51.0 Å². The average molecular weight is 466 g/mol. The number of nitriles is 1. The molecule has 0 aromatic carbocycles. The molecule has 10 heteroatoms. The summed E-state index contributed by atoms with van der Waals surface area (Å²) in [6, 6.07) is 3.13. The standard InChI is InChI=1S/C21H21F2N3O3S2/c1-3-29-21(28)17-12-6-4-5-7-15(12)31-20(17)26-16(27)10-30-19-13(9-24)11(2)8-14(25-19)18(22)23/h8,18H,3-7,10H2,1-2H3,(H,26,27). The maximum Gasteiger partial charge on any atom is 0.341 e. The second-order valence-electron chi connectivity index (χ2n) is 6.93. The lowest BCUT2D eigenvalue weighted by Gasteiger charge is -2.12. The predicted molar refractivity (Wildman–Crippen MR) is 115 cm³/mol. The van der Waals surface area contributed by atoms with Crippen molar-refractivity contribution >= 4 is 40.0 Å². The normalized spacial score (nSPS) is 12.9. The van der Waals surface area contributed by atoms with Crippen molar-refractivity contribution in [3.63, 3.8) is 0 Å². The number of anilines is 1. The Hall–Kier alpha value is -2.51. The number of halogens is 2. The molecule has 0 aliphatic heterocycles. The number of amides is 1. The maximum absolute atomic E-state index is 13.1. The first kappa shape index (κ1) is 23.2. The van der Waals surface area contributed by atoms with E-state index in [2.05, 4.69) is 10.3 Å². The lowest BCUT2D eigenvalue weighted by molar-refractivity contribution is -0.113. The molecule has 0 spiro atoms. The molecule has 1 N–H and O–H groups in total. The fourth-order valence-corrected chi connectivity index (χ4v) is 5.54. The van der Waals surface area contributed by atoms with Crippen LogP contribution in [0, 0.1) is 18.3 Å². The summed E-state index contributed by atoms with van der Waals surface area (Å²) in [5, 5.41) is 12.6. The third-order valence-corrected chi connectivity index (χ3v) is 6.97. The van der Waals surface area contributed by atoms with Crippen LogP contribution in [0.15, 0.2) is 11.1 Å². The Morgan fingerprint density at radius 2 is 2.13 bits per heavy atom. The van der Waals surface area contributed by atoms with Crippen molar-refractivity contribution in [1.29, 1.82) is 5.26 Å². The molecule has 3 rings (SSSR count). The quantitative estimate of drug-likeness (QED) is 0.455. The second-order valence-corrected chi connectivity index (χ2v) is 9.00. The number of thioether (sulfide) groups is 1. The highest BCUT2D eigenvalue weighted by Crippen LogP contribution is 2.39. The van der Waals surface area contributed by atoms with Crippen molar-refractivity contribution in [2.24, 2.45) is 0 Å². The number of alkyl halides is 2. The summed E-state index contributed by atoms with van der Waals surface area (Å²) in [6.07, 6.45) is 0.846. The van der Waals surface area contributed by atoms with Crippen LogP contribution in [-0.4, -0.2) is 29.2 Å². The molecule has 6 nitrogen and oxygen atoms in total. The monoisotopic (exact) mass is 465 g/mol. The number of thiophene rings is 1. The van der Waals surface area contributed by atoms with Crippen LogP contribution in [0.1, 0.15) is 63.8 Å². The van der Waals surface area contributed by atoms with Crippen molar-refractivity contribution in [2.75, 3.05) is 17.7 Å². The van der Waals surface area contributed by atoms with Gasteiger partial charge in [0.25, 0.3) is 6.43 Å². The SMILES string of the molecule is CCOC(=O)c1c(NC(=O)CSc2nc(C(F)F)cc(C)c2C#N)sc2c1CCCC2. The summed E-state index contributed by atoms with van der Waals surface area (Å²) in [6.45, 7) is 3.51. The number of pyridine rings is 1. The van der Waals surface area contributed by atoms with E-state index in [0.717, 1.165) is 47.9 Å². The number of carbonyl (C=O) groups excluding carboxylic acids is 2. The molecule has 0 bridgehead atoms. The van der Waals surface area contributed by atoms with Gasteiger partial charge in [-0.25, -0.2) is 18.6 Å². The van der Waals surface area contributed by atoms with E-state index < -0.39 is 24.0 Å². The minimum atomic E-state index is -2.77. The van der Waals surface area contributed by atoms with Gasteiger partial charge in [-0.05, 0) is 56.7 Å². The Balaban J connectivity index is 1.79. The molecule has 0 saturated carbocycles. The number of fused-ring (bicyclic) bond motifs is 1. The number of aromatic nitrogens is 1. The van der Waals surface area contributed by atoms with Gasteiger partial charge in [0.05, 0.1) is 23.5 Å². The Bertz CT molecular complexity index is 1050. The van der Waals surface area contributed by atoms with Crippen LogP contribution in [0.2, 0.25) is 0 Å². The van der Waals surface area contributed by atoms with Gasteiger partial charge in [0, 0.05) is 4.88 Å². The third-order valence-electron chi connectivity index (χ3n) is 4.78. The molecule has 0 saturated heterocycles. The van der Waals surface area contributed by atoms with Crippen LogP contribution in [0.25, 0.3) is 0 Å². The summed E-state index contributed by atoms with van der Waals surface area (Å²) in [4.78, 5) is 30.0. The molecule has 1 amide bonds. The van der Waals surface area contributed by atoms with Crippen molar-refractivity contribution < 1.29 is 23.1 Å². The maximum atomic E-state index is 13.1. The lowest BCUT2D eigenvalue weighted by atomic mass is 9.95. The number of aryl methyl sites for hydroxylation is 2. The Morgan fingerprint density at radius 1 is 1.39 bits per heavy atom. The minimum Gasteiger partial charge on any atom is -0.462 e. The van der Waals surface area contributed by atoms with Crippen LogP contribution in [-0.2, 0) is 22.4 Å². The Kier molecular flexibility index (Phi) is 7.62. The minimum absolute atomic E-state index is 0.0871. The number of hydrogen-bond acceptors (Lipinski definition) is 7. The topological polar surface area (TPSA) is 92.1 Å². The van der Waals surface area contributed by atoms with E-state index in [9.17, 15) is 23.6 Å². The predicted octanol–water partition coefficient (Wildman–Crippen LogP) is 5.05. The molecular formula is C21H21F2N3O3S2. The fourth-order valence-electron chi connectivity index (χ4n) is 3.39. The molecule has 1 aliphatic carbocycles. The average Bonchev–Trinajstić information content (AvgIpc) is 3.09. The van der Waals surface area contributed by atoms with E-state index in [1.54, 1.807) is 13.8 Å². The van der Waals surface area contributed by atoms with Gasteiger partial charge in [-0.3, -0.25) is 4.79 Å². The number of nitrogens with zero attached hydrogens (tertiary/aromatic N) is 2. The van der Waals surface area contributed by atoms with Crippen LogP contribution in [0.3, 0.4) is 0 Å². The third kappa shape index (κ3) is 5.22. The first-order valence-corrected chi connectivity index (χ1v) is 11.6. The smallest absolute Gasteiger partial charge is 0.341 e. The van der Waals surface area contributed by atoms with Gasteiger partial charge in [-0.15, -0.1) is 11.3 Å². The van der Waals surface area contributed by atoms with E-state index in [1.807, 2.05) is 6.07 Å². The highest BCUT2D eigenvalue weighted by atomic mass is 32.2. The highest BCUT2D eigenvalue weighted by molar-refractivity contribution is 8.00. The summed E-state index contributed by atoms with van der Waals surface area (Å²) in [7, 11) is 0. The van der Waals surface area contributed by atoms with Crippen LogP contribution >= 0.6 is 23.1 Å². The van der Waals surface area contributed by atoms with Gasteiger partial charge in [0.1, 0.15) is 21.8 Å². The van der Waals surface area contributed by atoms with E-state index in [0.29, 0.717) is 16.1 Å². The molecule has 0 fully saturated rings. The largest absolute Gasteiger partial charge is 0.462 e. The molecule has 2 heterocycles. The number of esters is 1. The fraction of sp³-hybridized carbons (Fsp3) is 0.429. The summed E-state index contributed by atoms with van der Waals surface area (Å²) >= 11 is 2.29. The molecule has 0 unspecified atom stereocenters. The zero-order chi connectivity index (χ0) is 22.5. The van der Waals surface area contributed by atoms with Gasteiger partial charge >= 0.3 is 5.97 Å².